The molecule has 1 amide bonds. The van der Waals surface area contributed by atoms with Crippen molar-refractivity contribution in [3.05, 3.63) is 94.4 Å². The van der Waals surface area contributed by atoms with E-state index in [2.05, 4.69) is 15.6 Å². The number of halogens is 3. The number of hydrogen-bond acceptors (Lipinski definition) is 4. The van der Waals surface area contributed by atoms with Crippen LogP contribution in [-0.2, 0) is 11.3 Å². The van der Waals surface area contributed by atoms with Crippen LogP contribution in [0.1, 0.15) is 5.69 Å². The van der Waals surface area contributed by atoms with E-state index in [-0.39, 0.29) is 23.3 Å². The lowest BCUT2D eigenvalue weighted by molar-refractivity contribution is -0.118. The molecule has 0 fully saturated rings. The molecule has 8 heteroatoms. The summed E-state index contributed by atoms with van der Waals surface area (Å²) in [5.74, 6) is -0.732. The van der Waals surface area contributed by atoms with Gasteiger partial charge in [0.2, 0.25) is 0 Å². The van der Waals surface area contributed by atoms with E-state index in [0.29, 0.717) is 17.3 Å². The van der Waals surface area contributed by atoms with Gasteiger partial charge in [0.05, 0.1) is 22.8 Å². The summed E-state index contributed by atoms with van der Waals surface area (Å²) in [6.07, 6.45) is 0. The number of carbonyl (C=O) groups is 1. The molecular formula is C24H18Cl2FN3O2. The summed E-state index contributed by atoms with van der Waals surface area (Å²) >= 11 is 11.6. The molecule has 4 aromatic rings. The van der Waals surface area contributed by atoms with Gasteiger partial charge in [-0.1, -0.05) is 29.3 Å². The molecule has 2 N–H and O–H groups in total. The standard InChI is InChI=1S/C24H18Cl2FN3O2/c25-16-2-10-23-15(11-16)1-3-19(29-23)13-28-17-4-6-18(7-5-17)30-24(31)14-32-20-8-9-21(26)22(27)12-20/h1-12,28H,13-14H2,(H,30,31). The molecule has 0 atom stereocenters. The van der Waals surface area contributed by atoms with Crippen molar-refractivity contribution in [2.24, 2.45) is 0 Å². The summed E-state index contributed by atoms with van der Waals surface area (Å²) in [6, 6.07) is 20.8. The van der Waals surface area contributed by atoms with Gasteiger partial charge in [-0.15, -0.1) is 0 Å². The SMILES string of the molecule is O=C(COc1ccc(Cl)c(F)c1)Nc1ccc(NCc2ccc3cc(Cl)ccc3n2)cc1. The summed E-state index contributed by atoms with van der Waals surface area (Å²) < 4.78 is 18.7. The van der Waals surface area contributed by atoms with Crippen molar-refractivity contribution in [3.8, 4) is 5.75 Å². The zero-order valence-electron chi connectivity index (χ0n) is 16.7. The Bertz CT molecular complexity index is 1270. The Kier molecular flexibility index (Phi) is 6.73. The number of nitrogens with zero attached hydrogens (tertiary/aromatic N) is 1. The number of fused-ring (bicyclic) bond motifs is 1. The Morgan fingerprint density at radius 1 is 0.938 bits per heavy atom. The molecule has 0 radical (unpaired) electrons. The normalized spacial score (nSPS) is 10.7. The van der Waals surface area contributed by atoms with E-state index in [4.69, 9.17) is 27.9 Å². The van der Waals surface area contributed by atoms with E-state index in [1.54, 1.807) is 12.1 Å². The molecule has 1 aromatic heterocycles. The first kappa shape index (κ1) is 21.9. The fourth-order valence-electron chi connectivity index (χ4n) is 3.01. The van der Waals surface area contributed by atoms with Crippen LogP contribution in [0.15, 0.2) is 72.8 Å². The number of nitrogens with one attached hydrogen (secondary N) is 2. The van der Waals surface area contributed by atoms with Crippen LogP contribution in [0.25, 0.3) is 10.9 Å². The van der Waals surface area contributed by atoms with Gasteiger partial charge in [-0.3, -0.25) is 9.78 Å². The van der Waals surface area contributed by atoms with E-state index in [1.807, 2.05) is 42.5 Å². The van der Waals surface area contributed by atoms with Crippen molar-refractivity contribution < 1.29 is 13.9 Å². The number of anilines is 2. The molecule has 5 nitrogen and oxygen atoms in total. The van der Waals surface area contributed by atoms with Crippen molar-refractivity contribution in [3.63, 3.8) is 0 Å². The average molecular weight is 470 g/mol. The lowest BCUT2D eigenvalue weighted by atomic mass is 10.2. The number of aromatic nitrogens is 1. The lowest BCUT2D eigenvalue weighted by Crippen LogP contribution is -2.20. The minimum Gasteiger partial charge on any atom is -0.484 e. The van der Waals surface area contributed by atoms with Gasteiger partial charge in [-0.2, -0.15) is 0 Å². The van der Waals surface area contributed by atoms with Crippen LogP contribution in [0.4, 0.5) is 15.8 Å². The maximum Gasteiger partial charge on any atom is 0.262 e. The lowest BCUT2D eigenvalue weighted by Gasteiger charge is -2.10. The molecule has 0 bridgehead atoms. The molecule has 0 aliphatic heterocycles. The van der Waals surface area contributed by atoms with Gasteiger partial charge in [0.25, 0.3) is 5.91 Å². The molecule has 32 heavy (non-hydrogen) atoms. The van der Waals surface area contributed by atoms with Crippen molar-refractivity contribution in [1.29, 1.82) is 0 Å². The molecule has 3 aromatic carbocycles. The van der Waals surface area contributed by atoms with Crippen LogP contribution in [0.3, 0.4) is 0 Å². The first-order valence-corrected chi connectivity index (χ1v) is 10.5. The Hall–Kier alpha value is -3.35. The summed E-state index contributed by atoms with van der Waals surface area (Å²) in [5, 5.41) is 7.70. The van der Waals surface area contributed by atoms with Crippen LogP contribution >= 0.6 is 23.2 Å². The van der Waals surface area contributed by atoms with Gasteiger partial charge < -0.3 is 15.4 Å². The highest BCUT2D eigenvalue weighted by Gasteiger charge is 2.07. The third kappa shape index (κ3) is 5.66. The smallest absolute Gasteiger partial charge is 0.262 e. The van der Waals surface area contributed by atoms with Crippen molar-refractivity contribution >= 4 is 51.4 Å². The van der Waals surface area contributed by atoms with Gasteiger partial charge >= 0.3 is 0 Å². The predicted octanol–water partition coefficient (Wildman–Crippen LogP) is 6.31. The van der Waals surface area contributed by atoms with Crippen molar-refractivity contribution in [2.45, 2.75) is 6.54 Å². The van der Waals surface area contributed by atoms with E-state index < -0.39 is 5.82 Å². The third-order valence-electron chi connectivity index (χ3n) is 4.61. The number of rotatable bonds is 7. The molecule has 4 rings (SSSR count). The van der Waals surface area contributed by atoms with Crippen LogP contribution in [0.2, 0.25) is 10.0 Å². The monoisotopic (exact) mass is 469 g/mol. The Morgan fingerprint density at radius 2 is 1.72 bits per heavy atom. The molecule has 0 saturated heterocycles. The Morgan fingerprint density at radius 3 is 2.50 bits per heavy atom. The van der Waals surface area contributed by atoms with E-state index >= 15 is 0 Å². The Balaban J connectivity index is 1.28. The number of benzene rings is 3. The van der Waals surface area contributed by atoms with Gasteiger partial charge in [0.1, 0.15) is 11.6 Å². The number of pyridine rings is 1. The van der Waals surface area contributed by atoms with Crippen LogP contribution in [0, 0.1) is 5.82 Å². The second kappa shape index (κ2) is 9.85. The zero-order valence-corrected chi connectivity index (χ0v) is 18.3. The van der Waals surface area contributed by atoms with E-state index in [9.17, 15) is 9.18 Å². The fourth-order valence-corrected chi connectivity index (χ4v) is 3.31. The largest absolute Gasteiger partial charge is 0.484 e. The maximum absolute atomic E-state index is 13.4. The van der Waals surface area contributed by atoms with E-state index in [1.165, 1.54) is 12.1 Å². The first-order valence-electron chi connectivity index (χ1n) is 9.73. The molecule has 0 spiro atoms. The van der Waals surface area contributed by atoms with Crippen molar-refractivity contribution in [1.82, 2.24) is 4.98 Å². The highest BCUT2D eigenvalue weighted by molar-refractivity contribution is 6.31. The molecule has 0 unspecified atom stereocenters. The molecule has 0 aliphatic rings. The van der Waals surface area contributed by atoms with E-state index in [0.717, 1.165) is 28.4 Å². The molecule has 1 heterocycles. The van der Waals surface area contributed by atoms with Crippen LogP contribution < -0.4 is 15.4 Å². The number of carbonyl (C=O) groups excluding carboxylic acids is 1. The summed E-state index contributed by atoms with van der Waals surface area (Å²) in [6.45, 7) is 0.301. The Labute approximate surface area is 194 Å². The van der Waals surface area contributed by atoms with Crippen LogP contribution in [0.5, 0.6) is 5.75 Å². The van der Waals surface area contributed by atoms with Gasteiger partial charge in [0, 0.05) is 27.8 Å². The first-order chi connectivity index (χ1) is 15.5. The van der Waals surface area contributed by atoms with Crippen molar-refractivity contribution in [2.75, 3.05) is 17.2 Å². The zero-order chi connectivity index (χ0) is 22.5. The topological polar surface area (TPSA) is 63.2 Å². The molecule has 0 aliphatic carbocycles. The predicted molar refractivity (Wildman–Crippen MR) is 126 cm³/mol. The van der Waals surface area contributed by atoms with Crippen LogP contribution in [-0.4, -0.2) is 17.5 Å². The number of ether oxygens (including phenoxy) is 1. The van der Waals surface area contributed by atoms with Gasteiger partial charge in [0.15, 0.2) is 6.61 Å². The quantitative estimate of drug-likeness (QED) is 0.332. The minimum absolute atomic E-state index is 0.00295. The minimum atomic E-state index is -0.601. The van der Waals surface area contributed by atoms with Gasteiger partial charge in [-0.25, -0.2) is 4.39 Å². The molecule has 0 saturated carbocycles. The number of hydrogen-bond donors (Lipinski definition) is 2. The fraction of sp³-hybridized carbons (Fsp3) is 0.0833. The second-order valence-corrected chi connectivity index (χ2v) is 7.83. The highest BCUT2D eigenvalue weighted by atomic mass is 35.5. The molecular weight excluding hydrogens is 452 g/mol. The summed E-state index contributed by atoms with van der Waals surface area (Å²) in [7, 11) is 0. The summed E-state index contributed by atoms with van der Waals surface area (Å²) in [4.78, 5) is 16.7. The average Bonchev–Trinajstić information content (AvgIpc) is 2.79. The second-order valence-electron chi connectivity index (χ2n) is 6.98. The molecule has 162 valence electrons. The third-order valence-corrected chi connectivity index (χ3v) is 5.15. The number of amides is 1. The van der Waals surface area contributed by atoms with Gasteiger partial charge in [-0.05, 0) is 60.7 Å². The highest BCUT2D eigenvalue weighted by Crippen LogP contribution is 2.21. The summed E-state index contributed by atoms with van der Waals surface area (Å²) in [5.41, 5.74) is 3.28. The maximum atomic E-state index is 13.4.